The standard InChI is InChI=1S/C18H18ClN3O4/c1-5-26-18(24)14-9(2)15-17(23)20-16(21-22(15)10(14)3)11-6-7-12(19)13(8-11)25-4/h6-8H,5H2,1-4H3,(H,20,21,23). The van der Waals surface area contributed by atoms with E-state index in [9.17, 15) is 9.59 Å². The Hall–Kier alpha value is -2.80. The van der Waals surface area contributed by atoms with Crippen molar-refractivity contribution < 1.29 is 14.3 Å². The van der Waals surface area contributed by atoms with Gasteiger partial charge in [0.15, 0.2) is 5.82 Å². The number of benzene rings is 1. The monoisotopic (exact) mass is 375 g/mol. The van der Waals surface area contributed by atoms with E-state index in [1.54, 1.807) is 39.0 Å². The van der Waals surface area contributed by atoms with Crippen LogP contribution in [0.5, 0.6) is 5.75 Å². The number of H-pyrrole nitrogens is 1. The number of esters is 1. The predicted octanol–water partition coefficient (Wildman–Crippen LogP) is 3.15. The summed E-state index contributed by atoms with van der Waals surface area (Å²) in [6.45, 7) is 5.42. The van der Waals surface area contributed by atoms with E-state index in [0.29, 0.717) is 44.5 Å². The van der Waals surface area contributed by atoms with Gasteiger partial charge in [-0.3, -0.25) is 4.79 Å². The lowest BCUT2D eigenvalue weighted by molar-refractivity contribution is 0.0525. The van der Waals surface area contributed by atoms with Crippen LogP contribution in [0.25, 0.3) is 16.9 Å². The molecular weight excluding hydrogens is 358 g/mol. The molecular formula is C18H18ClN3O4. The van der Waals surface area contributed by atoms with Crippen molar-refractivity contribution in [1.82, 2.24) is 14.6 Å². The van der Waals surface area contributed by atoms with Crippen molar-refractivity contribution in [3.63, 3.8) is 0 Å². The fraction of sp³-hybridized carbons (Fsp3) is 0.278. The number of aromatic amines is 1. The topological polar surface area (TPSA) is 85.7 Å². The molecule has 0 bridgehead atoms. The molecule has 0 aliphatic carbocycles. The lowest BCUT2D eigenvalue weighted by Crippen LogP contribution is -2.14. The van der Waals surface area contributed by atoms with Crippen molar-refractivity contribution >= 4 is 23.1 Å². The van der Waals surface area contributed by atoms with Crippen LogP contribution in [0.15, 0.2) is 23.0 Å². The second kappa shape index (κ2) is 6.84. The second-order valence-electron chi connectivity index (χ2n) is 5.72. The molecule has 3 aromatic rings. The zero-order valence-electron chi connectivity index (χ0n) is 14.8. The van der Waals surface area contributed by atoms with Gasteiger partial charge >= 0.3 is 5.97 Å². The van der Waals surface area contributed by atoms with Crippen LogP contribution in [0.2, 0.25) is 5.02 Å². The summed E-state index contributed by atoms with van der Waals surface area (Å²) in [5.74, 6) is 0.340. The fourth-order valence-electron chi connectivity index (χ4n) is 2.95. The molecule has 7 nitrogen and oxygen atoms in total. The number of aryl methyl sites for hydroxylation is 2. The van der Waals surface area contributed by atoms with Gasteiger partial charge in [-0.2, -0.15) is 0 Å². The van der Waals surface area contributed by atoms with Crippen LogP contribution in [0.1, 0.15) is 28.5 Å². The Bertz CT molecular complexity index is 1070. The third-order valence-electron chi connectivity index (χ3n) is 4.17. The van der Waals surface area contributed by atoms with Crippen molar-refractivity contribution in [2.45, 2.75) is 20.8 Å². The maximum atomic E-state index is 12.6. The van der Waals surface area contributed by atoms with E-state index >= 15 is 0 Å². The van der Waals surface area contributed by atoms with Gasteiger partial charge in [0.25, 0.3) is 5.56 Å². The quantitative estimate of drug-likeness (QED) is 0.708. The maximum absolute atomic E-state index is 12.6. The summed E-state index contributed by atoms with van der Waals surface area (Å²) in [5.41, 5.74) is 2.04. The first-order chi connectivity index (χ1) is 12.4. The van der Waals surface area contributed by atoms with Gasteiger partial charge in [0.05, 0.1) is 30.0 Å². The molecule has 136 valence electrons. The zero-order chi connectivity index (χ0) is 19.0. The number of ether oxygens (including phenoxy) is 2. The van der Waals surface area contributed by atoms with Gasteiger partial charge in [0.2, 0.25) is 0 Å². The van der Waals surface area contributed by atoms with Crippen LogP contribution in [0.4, 0.5) is 0 Å². The van der Waals surface area contributed by atoms with Gasteiger partial charge in [0, 0.05) is 5.56 Å². The molecule has 0 radical (unpaired) electrons. The van der Waals surface area contributed by atoms with E-state index < -0.39 is 5.97 Å². The first kappa shape index (κ1) is 18.0. The number of nitrogens with zero attached hydrogens (tertiary/aromatic N) is 2. The molecule has 1 N–H and O–H groups in total. The summed E-state index contributed by atoms with van der Waals surface area (Å²) < 4.78 is 11.8. The van der Waals surface area contributed by atoms with E-state index in [0.717, 1.165) is 0 Å². The number of halogens is 1. The lowest BCUT2D eigenvalue weighted by atomic mass is 10.1. The lowest BCUT2D eigenvalue weighted by Gasteiger charge is -2.07. The molecule has 1 aromatic carbocycles. The Balaban J connectivity index is 2.24. The first-order valence-corrected chi connectivity index (χ1v) is 8.40. The molecule has 8 heteroatoms. The zero-order valence-corrected chi connectivity index (χ0v) is 15.6. The van der Waals surface area contributed by atoms with E-state index in [1.165, 1.54) is 11.6 Å². The normalized spacial score (nSPS) is 11.0. The Morgan fingerprint density at radius 1 is 1.35 bits per heavy atom. The number of carbonyl (C=O) groups is 1. The first-order valence-electron chi connectivity index (χ1n) is 8.02. The minimum Gasteiger partial charge on any atom is -0.495 e. The van der Waals surface area contributed by atoms with Crippen molar-refractivity contribution in [3.05, 3.63) is 50.4 Å². The second-order valence-corrected chi connectivity index (χ2v) is 6.13. The van der Waals surface area contributed by atoms with Crippen LogP contribution < -0.4 is 10.3 Å². The van der Waals surface area contributed by atoms with Crippen molar-refractivity contribution in [3.8, 4) is 17.1 Å². The van der Waals surface area contributed by atoms with Crippen LogP contribution in [-0.4, -0.2) is 34.3 Å². The Labute approximate surface area is 154 Å². The van der Waals surface area contributed by atoms with Gasteiger partial charge in [0.1, 0.15) is 11.3 Å². The van der Waals surface area contributed by atoms with Crippen molar-refractivity contribution in [2.75, 3.05) is 13.7 Å². The summed E-state index contributed by atoms with van der Waals surface area (Å²) in [6.07, 6.45) is 0. The van der Waals surface area contributed by atoms with Crippen LogP contribution in [-0.2, 0) is 4.74 Å². The summed E-state index contributed by atoms with van der Waals surface area (Å²) in [7, 11) is 1.51. The molecule has 3 rings (SSSR count). The van der Waals surface area contributed by atoms with E-state index in [4.69, 9.17) is 21.1 Å². The molecule has 0 saturated carbocycles. The van der Waals surface area contributed by atoms with Gasteiger partial charge in [-0.15, -0.1) is 5.10 Å². The summed E-state index contributed by atoms with van der Waals surface area (Å²) in [6, 6.07) is 5.08. The molecule has 2 heterocycles. The molecule has 0 fully saturated rings. The third kappa shape index (κ3) is 2.84. The van der Waals surface area contributed by atoms with Gasteiger partial charge in [-0.1, -0.05) is 11.6 Å². The highest BCUT2D eigenvalue weighted by molar-refractivity contribution is 6.32. The average Bonchev–Trinajstić information content (AvgIpc) is 2.86. The Kier molecular flexibility index (Phi) is 4.73. The molecule has 2 aromatic heterocycles. The van der Waals surface area contributed by atoms with E-state index in [1.807, 2.05) is 0 Å². The summed E-state index contributed by atoms with van der Waals surface area (Å²) in [4.78, 5) is 27.6. The third-order valence-corrected chi connectivity index (χ3v) is 4.48. The largest absolute Gasteiger partial charge is 0.495 e. The molecule has 0 unspecified atom stereocenters. The van der Waals surface area contributed by atoms with Gasteiger partial charge in [-0.05, 0) is 44.5 Å². The molecule has 0 spiro atoms. The predicted molar refractivity (Wildman–Crippen MR) is 98.2 cm³/mol. The number of hydrogen-bond donors (Lipinski definition) is 1. The summed E-state index contributed by atoms with van der Waals surface area (Å²) >= 11 is 6.05. The molecule has 26 heavy (non-hydrogen) atoms. The number of carbonyl (C=O) groups excluding carboxylic acids is 1. The average molecular weight is 376 g/mol. The van der Waals surface area contributed by atoms with Crippen LogP contribution >= 0.6 is 11.6 Å². The number of rotatable bonds is 4. The van der Waals surface area contributed by atoms with Gasteiger partial charge in [-0.25, -0.2) is 9.31 Å². The highest BCUT2D eigenvalue weighted by Crippen LogP contribution is 2.29. The SMILES string of the molecule is CCOC(=O)c1c(C)c2c(=O)[nH]c(-c3ccc(Cl)c(OC)c3)nn2c1C. The fourth-order valence-corrected chi connectivity index (χ4v) is 3.14. The molecule has 0 saturated heterocycles. The summed E-state index contributed by atoms with van der Waals surface area (Å²) in [5, 5.41) is 4.95. The molecule has 0 amide bonds. The van der Waals surface area contributed by atoms with Crippen LogP contribution in [0.3, 0.4) is 0 Å². The number of hydrogen-bond acceptors (Lipinski definition) is 5. The Morgan fingerprint density at radius 2 is 2.08 bits per heavy atom. The van der Waals surface area contributed by atoms with Crippen molar-refractivity contribution in [1.29, 1.82) is 0 Å². The van der Waals surface area contributed by atoms with Crippen LogP contribution in [0, 0.1) is 13.8 Å². The number of nitrogens with one attached hydrogen (secondary N) is 1. The molecule has 0 aliphatic rings. The van der Waals surface area contributed by atoms with E-state index in [-0.39, 0.29) is 12.2 Å². The minimum absolute atomic E-state index is 0.253. The minimum atomic E-state index is -0.470. The molecule has 0 atom stereocenters. The van der Waals surface area contributed by atoms with Gasteiger partial charge < -0.3 is 14.5 Å². The highest BCUT2D eigenvalue weighted by atomic mass is 35.5. The molecule has 0 aliphatic heterocycles. The number of aromatic nitrogens is 3. The number of fused-ring (bicyclic) bond motifs is 1. The van der Waals surface area contributed by atoms with E-state index in [2.05, 4.69) is 10.1 Å². The number of methoxy groups -OCH3 is 1. The smallest absolute Gasteiger partial charge is 0.340 e. The Morgan fingerprint density at radius 3 is 2.73 bits per heavy atom. The highest BCUT2D eigenvalue weighted by Gasteiger charge is 2.23. The van der Waals surface area contributed by atoms with Crippen molar-refractivity contribution in [2.24, 2.45) is 0 Å². The maximum Gasteiger partial charge on any atom is 0.340 e.